The Balaban J connectivity index is 0.00000312. The predicted molar refractivity (Wildman–Crippen MR) is 131 cm³/mol. The third-order valence-electron chi connectivity index (χ3n) is 3.04. The molecular formula is C15H11I4NNaO4. The number of rotatable bonds is 5. The molecule has 4 N–H and O–H groups in total. The number of aliphatic carboxylic acids is 1. The standard InChI is InChI=1S/C15H11I4NO4.Na/c16-8-4-7(5-9(17)13(8)21)24-14-10(18)1-6(2-11(14)19)3-12(20)15(22)23;/h1-2,4-5,12,21H,3,20H2,(H,22,23);. The van der Waals surface area contributed by atoms with Crippen molar-refractivity contribution in [2.75, 3.05) is 0 Å². The second-order valence-electron chi connectivity index (χ2n) is 4.88. The maximum Gasteiger partial charge on any atom is 0.320 e. The van der Waals surface area contributed by atoms with Gasteiger partial charge in [0, 0.05) is 29.6 Å². The largest absolute Gasteiger partial charge is 0.506 e. The molecule has 1 radical (unpaired) electrons. The number of benzene rings is 2. The quantitative estimate of drug-likeness (QED) is 0.312. The fraction of sp³-hybridized carbons (Fsp3) is 0.133. The van der Waals surface area contributed by atoms with E-state index in [-0.39, 0.29) is 41.7 Å². The molecular weight excluding hydrogens is 789 g/mol. The van der Waals surface area contributed by atoms with Gasteiger partial charge in [0.25, 0.3) is 0 Å². The molecule has 0 aliphatic rings. The van der Waals surface area contributed by atoms with Crippen molar-refractivity contribution in [2.24, 2.45) is 5.73 Å². The molecule has 10 heteroatoms. The number of carbonyl (C=O) groups is 1. The van der Waals surface area contributed by atoms with E-state index in [0.717, 1.165) is 12.7 Å². The van der Waals surface area contributed by atoms with Crippen LogP contribution in [0.5, 0.6) is 17.2 Å². The van der Waals surface area contributed by atoms with Gasteiger partial charge in [-0.15, -0.1) is 0 Å². The van der Waals surface area contributed by atoms with E-state index < -0.39 is 12.0 Å². The smallest absolute Gasteiger partial charge is 0.320 e. The summed E-state index contributed by atoms with van der Waals surface area (Å²) in [4.78, 5) is 10.9. The van der Waals surface area contributed by atoms with E-state index in [9.17, 15) is 9.90 Å². The number of phenolic OH excluding ortho intramolecular Hbond substituents is 1. The zero-order valence-electron chi connectivity index (χ0n) is 12.9. The summed E-state index contributed by atoms with van der Waals surface area (Å²) in [5.74, 6) is 0.549. The van der Waals surface area contributed by atoms with Crippen LogP contribution in [0.4, 0.5) is 0 Å². The van der Waals surface area contributed by atoms with E-state index >= 15 is 0 Å². The number of nitrogens with two attached hydrogens (primary N) is 1. The minimum atomic E-state index is -1.02. The number of carboxylic acid groups (broad SMARTS) is 1. The van der Waals surface area contributed by atoms with Gasteiger partial charge in [0.1, 0.15) is 17.5 Å². The Kier molecular flexibility index (Phi) is 10.6. The topological polar surface area (TPSA) is 92.8 Å². The van der Waals surface area contributed by atoms with E-state index in [2.05, 4.69) is 90.4 Å². The van der Waals surface area contributed by atoms with Crippen LogP contribution in [0, 0.1) is 14.3 Å². The molecule has 0 spiro atoms. The molecule has 2 aromatic carbocycles. The second-order valence-corrected chi connectivity index (χ2v) is 9.52. The SMILES string of the molecule is NC(Cc1cc(I)c(Oc2cc(I)c(O)c(I)c2)c(I)c1)C(=O)O.[Na]. The first kappa shape index (κ1) is 24.4. The van der Waals surface area contributed by atoms with Crippen LogP contribution in [0.2, 0.25) is 0 Å². The number of halogens is 4. The van der Waals surface area contributed by atoms with Gasteiger partial charge in [-0.25, -0.2) is 0 Å². The number of ether oxygens (including phenoxy) is 1. The third kappa shape index (κ3) is 6.74. The van der Waals surface area contributed by atoms with E-state index in [0.29, 0.717) is 18.6 Å². The van der Waals surface area contributed by atoms with Gasteiger partial charge in [-0.2, -0.15) is 0 Å². The molecule has 0 aliphatic heterocycles. The van der Waals surface area contributed by atoms with E-state index in [4.69, 9.17) is 15.6 Å². The van der Waals surface area contributed by atoms with Crippen LogP contribution in [-0.4, -0.2) is 51.8 Å². The maximum absolute atomic E-state index is 10.9. The molecule has 0 amide bonds. The molecule has 5 nitrogen and oxygen atoms in total. The molecule has 0 fully saturated rings. The summed E-state index contributed by atoms with van der Waals surface area (Å²) in [5.41, 5.74) is 6.44. The Morgan fingerprint density at radius 3 is 1.96 bits per heavy atom. The Hall–Kier alpha value is 1.39. The molecule has 2 rings (SSSR count). The molecule has 0 aromatic heterocycles. The molecule has 0 aliphatic carbocycles. The Labute approximate surface area is 221 Å². The normalized spacial score (nSPS) is 11.6. The molecule has 1 atom stereocenters. The predicted octanol–water partition coefficient (Wildman–Crippen LogP) is 4.18. The average molecular weight is 800 g/mol. The zero-order valence-corrected chi connectivity index (χ0v) is 23.5. The maximum atomic E-state index is 10.9. The van der Waals surface area contributed by atoms with E-state index in [1.165, 1.54) is 0 Å². The third-order valence-corrected chi connectivity index (χ3v) is 6.29. The summed E-state index contributed by atoms with van der Waals surface area (Å²) in [6.45, 7) is 0. The van der Waals surface area contributed by atoms with Gasteiger partial charge < -0.3 is 20.7 Å². The molecule has 0 saturated heterocycles. The van der Waals surface area contributed by atoms with E-state index in [1.807, 2.05) is 12.1 Å². The zero-order chi connectivity index (χ0) is 18.0. The van der Waals surface area contributed by atoms with Crippen molar-refractivity contribution in [1.82, 2.24) is 0 Å². The Morgan fingerprint density at radius 1 is 1.04 bits per heavy atom. The summed E-state index contributed by atoms with van der Waals surface area (Å²) in [6, 6.07) is 6.34. The van der Waals surface area contributed by atoms with Crippen molar-refractivity contribution in [2.45, 2.75) is 12.5 Å². The van der Waals surface area contributed by atoms with Gasteiger partial charge in [-0.05, 0) is 127 Å². The van der Waals surface area contributed by atoms with Gasteiger partial charge in [0.15, 0.2) is 5.75 Å². The van der Waals surface area contributed by atoms with Crippen LogP contribution in [-0.2, 0) is 11.2 Å². The van der Waals surface area contributed by atoms with Crippen LogP contribution in [0.1, 0.15) is 5.56 Å². The van der Waals surface area contributed by atoms with Crippen molar-refractivity contribution in [1.29, 1.82) is 0 Å². The van der Waals surface area contributed by atoms with Crippen LogP contribution in [0.25, 0.3) is 0 Å². The van der Waals surface area contributed by atoms with Crippen LogP contribution < -0.4 is 10.5 Å². The number of phenols is 1. The van der Waals surface area contributed by atoms with Crippen molar-refractivity contribution in [3.8, 4) is 17.2 Å². The van der Waals surface area contributed by atoms with Crippen LogP contribution in [0.15, 0.2) is 24.3 Å². The number of hydrogen-bond acceptors (Lipinski definition) is 4. The fourth-order valence-corrected chi connectivity index (χ4v) is 5.72. The minimum absolute atomic E-state index is 0. The molecule has 1 unspecified atom stereocenters. The summed E-state index contributed by atoms with van der Waals surface area (Å²) in [6.07, 6.45) is 0.261. The molecule has 0 saturated carbocycles. The molecule has 129 valence electrons. The summed E-state index contributed by atoms with van der Waals surface area (Å²) >= 11 is 8.42. The summed E-state index contributed by atoms with van der Waals surface area (Å²) in [7, 11) is 0. The van der Waals surface area contributed by atoms with Crippen molar-refractivity contribution in [3.05, 3.63) is 44.1 Å². The van der Waals surface area contributed by atoms with Gasteiger partial charge in [0.2, 0.25) is 0 Å². The van der Waals surface area contributed by atoms with Gasteiger partial charge in [-0.1, -0.05) is 0 Å². The monoisotopic (exact) mass is 800 g/mol. The molecule has 2 aromatic rings. The Morgan fingerprint density at radius 2 is 1.52 bits per heavy atom. The second kappa shape index (κ2) is 10.8. The Bertz CT molecular complexity index is 757. The minimum Gasteiger partial charge on any atom is -0.506 e. The number of hydrogen-bond donors (Lipinski definition) is 3. The fourth-order valence-electron chi connectivity index (χ4n) is 1.89. The number of carboxylic acids is 1. The van der Waals surface area contributed by atoms with Crippen LogP contribution >= 0.6 is 90.4 Å². The van der Waals surface area contributed by atoms with Gasteiger partial charge in [0.05, 0.1) is 14.3 Å². The number of aromatic hydroxyl groups is 1. The van der Waals surface area contributed by atoms with Crippen molar-refractivity contribution >= 4 is 126 Å². The average Bonchev–Trinajstić information content (AvgIpc) is 2.48. The summed E-state index contributed by atoms with van der Waals surface area (Å²) < 4.78 is 9.14. The first-order valence-electron chi connectivity index (χ1n) is 6.51. The molecule has 0 bridgehead atoms. The first-order chi connectivity index (χ1) is 11.2. The first-order valence-corrected chi connectivity index (χ1v) is 10.8. The molecule has 25 heavy (non-hydrogen) atoms. The van der Waals surface area contributed by atoms with Gasteiger partial charge >= 0.3 is 5.97 Å². The van der Waals surface area contributed by atoms with Crippen LogP contribution in [0.3, 0.4) is 0 Å². The van der Waals surface area contributed by atoms with Crippen molar-refractivity contribution < 1.29 is 19.7 Å². The van der Waals surface area contributed by atoms with Crippen molar-refractivity contribution in [3.63, 3.8) is 0 Å². The van der Waals surface area contributed by atoms with Gasteiger partial charge in [-0.3, -0.25) is 4.79 Å². The summed E-state index contributed by atoms with van der Waals surface area (Å²) in [5, 5.41) is 18.8. The van der Waals surface area contributed by atoms with E-state index in [1.54, 1.807) is 12.1 Å². The molecule has 0 heterocycles.